The Morgan fingerprint density at radius 1 is 1.00 bits per heavy atom. The van der Waals surface area contributed by atoms with E-state index in [1.165, 1.54) is 24.3 Å². The van der Waals surface area contributed by atoms with Crippen molar-refractivity contribution in [1.82, 2.24) is 0 Å². The first-order chi connectivity index (χ1) is 9.79. The molecule has 2 aromatic carbocycles. The molecule has 0 aliphatic rings. The average molecular weight is 337 g/mol. The van der Waals surface area contributed by atoms with E-state index in [0.29, 0.717) is 11.1 Å². The molecular weight excluding hydrogens is 327 g/mol. The summed E-state index contributed by atoms with van der Waals surface area (Å²) in [6, 6.07) is 8.98. The van der Waals surface area contributed by atoms with Gasteiger partial charge in [-0.1, -0.05) is 35.9 Å². The van der Waals surface area contributed by atoms with Gasteiger partial charge >= 0.3 is 6.18 Å². The van der Waals surface area contributed by atoms with Crippen LogP contribution in [0.5, 0.6) is 0 Å². The van der Waals surface area contributed by atoms with E-state index in [2.05, 4.69) is 0 Å². The molecule has 0 fully saturated rings. The van der Waals surface area contributed by atoms with Crippen LogP contribution in [0, 0.1) is 5.82 Å². The Labute approximate surface area is 129 Å². The van der Waals surface area contributed by atoms with Crippen LogP contribution in [0.4, 0.5) is 17.6 Å². The second-order valence-corrected chi connectivity index (χ2v) is 5.41. The lowest BCUT2D eigenvalue weighted by molar-refractivity contribution is -0.137. The van der Waals surface area contributed by atoms with Gasteiger partial charge in [0.05, 0.1) is 16.0 Å². The molecule has 2 rings (SSSR count). The molecule has 1 atom stereocenters. The molecule has 0 bridgehead atoms. The standard InChI is InChI=1S/C15H10Cl2F4/c16-12(11-2-1-3-13(18)14(11)17)8-9-4-6-10(7-5-9)15(19,20)21/h1-7,12H,8H2. The molecule has 21 heavy (non-hydrogen) atoms. The number of benzene rings is 2. The molecule has 0 radical (unpaired) electrons. The molecule has 0 aromatic heterocycles. The van der Waals surface area contributed by atoms with Gasteiger partial charge in [0.15, 0.2) is 0 Å². The Morgan fingerprint density at radius 3 is 2.19 bits per heavy atom. The number of hydrogen-bond acceptors (Lipinski definition) is 0. The quantitative estimate of drug-likeness (QED) is 0.474. The predicted molar refractivity (Wildman–Crippen MR) is 75.2 cm³/mol. The van der Waals surface area contributed by atoms with E-state index in [9.17, 15) is 17.6 Å². The van der Waals surface area contributed by atoms with Crippen LogP contribution in [0.25, 0.3) is 0 Å². The first-order valence-electron chi connectivity index (χ1n) is 6.03. The molecular formula is C15H10Cl2F4. The van der Waals surface area contributed by atoms with Crippen molar-refractivity contribution >= 4 is 23.2 Å². The fourth-order valence-corrected chi connectivity index (χ4v) is 2.58. The van der Waals surface area contributed by atoms with Gasteiger partial charge in [-0.3, -0.25) is 0 Å². The fraction of sp³-hybridized carbons (Fsp3) is 0.200. The summed E-state index contributed by atoms with van der Waals surface area (Å²) in [5.74, 6) is -0.577. The summed E-state index contributed by atoms with van der Waals surface area (Å²) in [7, 11) is 0. The van der Waals surface area contributed by atoms with Crippen molar-refractivity contribution in [3.05, 3.63) is 70.0 Å². The highest BCUT2D eigenvalue weighted by molar-refractivity contribution is 6.33. The van der Waals surface area contributed by atoms with Gasteiger partial charge in [0, 0.05) is 0 Å². The Kier molecular flexibility index (Phi) is 4.79. The smallest absolute Gasteiger partial charge is 0.205 e. The van der Waals surface area contributed by atoms with Gasteiger partial charge in [-0.05, 0) is 35.7 Å². The molecule has 0 heterocycles. The van der Waals surface area contributed by atoms with Gasteiger partial charge in [-0.15, -0.1) is 11.6 Å². The highest BCUT2D eigenvalue weighted by atomic mass is 35.5. The van der Waals surface area contributed by atoms with E-state index in [-0.39, 0.29) is 11.4 Å². The molecule has 1 unspecified atom stereocenters. The maximum Gasteiger partial charge on any atom is 0.416 e. The van der Waals surface area contributed by atoms with Crippen molar-refractivity contribution in [3.63, 3.8) is 0 Å². The SMILES string of the molecule is Fc1cccc(C(Cl)Cc2ccc(C(F)(F)F)cc2)c1Cl. The molecule has 112 valence electrons. The summed E-state index contributed by atoms with van der Waals surface area (Å²) in [5.41, 5.74) is 0.308. The molecule has 0 N–H and O–H groups in total. The minimum Gasteiger partial charge on any atom is -0.205 e. The third kappa shape index (κ3) is 3.89. The van der Waals surface area contributed by atoms with Gasteiger partial charge in [0.25, 0.3) is 0 Å². The van der Waals surface area contributed by atoms with Crippen LogP contribution in [0.2, 0.25) is 5.02 Å². The van der Waals surface area contributed by atoms with Gasteiger partial charge in [-0.2, -0.15) is 13.2 Å². The van der Waals surface area contributed by atoms with E-state index in [0.717, 1.165) is 12.1 Å². The van der Waals surface area contributed by atoms with E-state index >= 15 is 0 Å². The first-order valence-corrected chi connectivity index (χ1v) is 6.84. The van der Waals surface area contributed by atoms with Crippen LogP contribution in [0.15, 0.2) is 42.5 Å². The molecule has 2 aromatic rings. The highest BCUT2D eigenvalue weighted by Crippen LogP contribution is 2.33. The van der Waals surface area contributed by atoms with Gasteiger partial charge < -0.3 is 0 Å². The van der Waals surface area contributed by atoms with Crippen LogP contribution in [0.1, 0.15) is 22.1 Å². The number of alkyl halides is 4. The van der Waals surface area contributed by atoms with Crippen LogP contribution in [0.3, 0.4) is 0 Å². The summed E-state index contributed by atoms with van der Waals surface area (Å²) < 4.78 is 50.7. The molecule has 0 aliphatic heterocycles. The zero-order valence-electron chi connectivity index (χ0n) is 10.6. The van der Waals surface area contributed by atoms with Crippen molar-refractivity contribution in [3.8, 4) is 0 Å². The van der Waals surface area contributed by atoms with Crippen LogP contribution < -0.4 is 0 Å². The van der Waals surface area contributed by atoms with Crippen molar-refractivity contribution < 1.29 is 17.6 Å². The summed E-state index contributed by atoms with van der Waals surface area (Å²) in [6.07, 6.45) is -4.12. The lowest BCUT2D eigenvalue weighted by Crippen LogP contribution is -2.05. The molecule has 6 heteroatoms. The zero-order valence-corrected chi connectivity index (χ0v) is 12.1. The summed E-state index contributed by atoms with van der Waals surface area (Å²) in [5, 5.41) is -0.686. The normalized spacial score (nSPS) is 13.2. The number of hydrogen-bond donors (Lipinski definition) is 0. The van der Waals surface area contributed by atoms with E-state index < -0.39 is 22.9 Å². The minimum atomic E-state index is -4.37. The molecule has 0 amide bonds. The van der Waals surface area contributed by atoms with Crippen LogP contribution in [-0.4, -0.2) is 0 Å². The lowest BCUT2D eigenvalue weighted by Gasteiger charge is -2.13. The zero-order chi connectivity index (χ0) is 15.6. The monoisotopic (exact) mass is 336 g/mol. The second kappa shape index (κ2) is 6.24. The summed E-state index contributed by atoms with van der Waals surface area (Å²) >= 11 is 12.0. The van der Waals surface area contributed by atoms with E-state index in [1.807, 2.05) is 0 Å². The van der Waals surface area contributed by atoms with Gasteiger partial charge in [-0.25, -0.2) is 4.39 Å². The Balaban J connectivity index is 2.16. The Bertz CT molecular complexity index is 621. The summed E-state index contributed by atoms with van der Waals surface area (Å²) in [6.45, 7) is 0. The number of rotatable bonds is 3. The largest absolute Gasteiger partial charge is 0.416 e. The molecule has 0 spiro atoms. The number of halogens is 6. The Morgan fingerprint density at radius 2 is 1.62 bits per heavy atom. The van der Waals surface area contributed by atoms with Crippen molar-refractivity contribution in [2.75, 3.05) is 0 Å². The van der Waals surface area contributed by atoms with Gasteiger partial charge in [0.2, 0.25) is 0 Å². The van der Waals surface area contributed by atoms with Crippen LogP contribution >= 0.6 is 23.2 Å². The second-order valence-electron chi connectivity index (χ2n) is 4.51. The van der Waals surface area contributed by atoms with E-state index in [1.54, 1.807) is 6.07 Å². The first kappa shape index (κ1) is 16.1. The van der Waals surface area contributed by atoms with E-state index in [4.69, 9.17) is 23.2 Å². The predicted octanol–water partition coefficient (Wildman–Crippen LogP) is 6.02. The minimum absolute atomic E-state index is 0.0654. The molecule has 0 saturated heterocycles. The third-order valence-electron chi connectivity index (χ3n) is 3.02. The molecule has 0 saturated carbocycles. The molecule has 0 aliphatic carbocycles. The van der Waals surface area contributed by atoms with Crippen molar-refractivity contribution in [2.24, 2.45) is 0 Å². The van der Waals surface area contributed by atoms with Gasteiger partial charge in [0.1, 0.15) is 5.82 Å². The topological polar surface area (TPSA) is 0 Å². The lowest BCUT2D eigenvalue weighted by atomic mass is 10.0. The van der Waals surface area contributed by atoms with Crippen molar-refractivity contribution in [1.29, 1.82) is 0 Å². The third-order valence-corrected chi connectivity index (χ3v) is 3.80. The van der Waals surface area contributed by atoms with Crippen LogP contribution in [-0.2, 0) is 12.6 Å². The fourth-order valence-electron chi connectivity index (χ4n) is 1.91. The maximum atomic E-state index is 13.3. The average Bonchev–Trinajstić information content (AvgIpc) is 2.41. The molecule has 0 nitrogen and oxygen atoms in total. The highest BCUT2D eigenvalue weighted by Gasteiger charge is 2.30. The van der Waals surface area contributed by atoms with Crippen molar-refractivity contribution in [2.45, 2.75) is 18.0 Å². The summed E-state index contributed by atoms with van der Waals surface area (Å²) in [4.78, 5) is 0. The maximum absolute atomic E-state index is 13.3. The Hall–Kier alpha value is -1.26.